The van der Waals surface area contributed by atoms with Gasteiger partial charge in [0.2, 0.25) is 11.8 Å². The third-order valence-electron chi connectivity index (χ3n) is 5.34. The molecule has 1 N–H and O–H groups in total. The van der Waals surface area contributed by atoms with E-state index in [2.05, 4.69) is 5.32 Å². The lowest BCUT2D eigenvalue weighted by Crippen LogP contribution is -2.51. The normalized spacial score (nSPS) is 19.1. The standard InChI is InChI=1S/C22H24FN3O2S/c1-15-8-9-17(23)19(11-15)25-10-4-5-16(12-25)24-21(27)13-26-18-6-2-3-7-20(18)29-14-22(26)28/h2-3,6-9,11,16H,4-5,10,12-14H2,1H3,(H,24,27). The molecule has 0 spiro atoms. The number of amides is 2. The fourth-order valence-electron chi connectivity index (χ4n) is 3.92. The maximum absolute atomic E-state index is 14.3. The van der Waals surface area contributed by atoms with Crippen molar-refractivity contribution in [3.63, 3.8) is 0 Å². The third-order valence-corrected chi connectivity index (χ3v) is 6.39. The average Bonchev–Trinajstić information content (AvgIpc) is 2.72. The number of benzene rings is 2. The van der Waals surface area contributed by atoms with Crippen LogP contribution in [0.25, 0.3) is 0 Å². The van der Waals surface area contributed by atoms with E-state index in [9.17, 15) is 14.0 Å². The zero-order valence-corrected chi connectivity index (χ0v) is 17.2. The van der Waals surface area contributed by atoms with E-state index in [-0.39, 0.29) is 30.2 Å². The molecular formula is C22H24FN3O2S. The van der Waals surface area contributed by atoms with Crippen molar-refractivity contribution >= 4 is 35.0 Å². The van der Waals surface area contributed by atoms with Crippen molar-refractivity contribution in [1.29, 1.82) is 0 Å². The zero-order chi connectivity index (χ0) is 20.4. The molecule has 2 amide bonds. The SMILES string of the molecule is Cc1ccc(F)c(N2CCCC(NC(=O)CN3C(=O)CSc4ccccc43)C2)c1. The van der Waals surface area contributed by atoms with E-state index in [0.717, 1.165) is 35.5 Å². The predicted octanol–water partition coefficient (Wildman–Crippen LogP) is 3.36. The molecular weight excluding hydrogens is 389 g/mol. The van der Waals surface area contributed by atoms with Crippen LogP contribution in [0, 0.1) is 12.7 Å². The van der Waals surface area contributed by atoms with Crippen LogP contribution >= 0.6 is 11.8 Å². The van der Waals surface area contributed by atoms with Gasteiger partial charge in [0.15, 0.2) is 0 Å². The molecule has 29 heavy (non-hydrogen) atoms. The molecule has 2 aromatic carbocycles. The summed E-state index contributed by atoms with van der Waals surface area (Å²) in [6.07, 6.45) is 1.72. The molecule has 7 heteroatoms. The summed E-state index contributed by atoms with van der Waals surface area (Å²) in [5.74, 6) is -0.142. The number of nitrogens with zero attached hydrogens (tertiary/aromatic N) is 2. The number of para-hydroxylation sites is 1. The largest absolute Gasteiger partial charge is 0.367 e. The number of hydrogen-bond donors (Lipinski definition) is 1. The molecule has 1 unspecified atom stereocenters. The van der Waals surface area contributed by atoms with Gasteiger partial charge in [0.1, 0.15) is 12.4 Å². The Bertz CT molecular complexity index is 936. The molecule has 0 radical (unpaired) electrons. The minimum absolute atomic E-state index is 0.00567. The van der Waals surface area contributed by atoms with Crippen LogP contribution in [0.5, 0.6) is 0 Å². The lowest BCUT2D eigenvalue weighted by Gasteiger charge is -2.35. The van der Waals surface area contributed by atoms with Gasteiger partial charge in [0.05, 0.1) is 17.1 Å². The maximum Gasteiger partial charge on any atom is 0.240 e. The number of fused-ring (bicyclic) bond motifs is 1. The number of aryl methyl sites for hydroxylation is 1. The first-order valence-corrected chi connectivity index (χ1v) is 10.8. The van der Waals surface area contributed by atoms with Crippen LogP contribution in [0.2, 0.25) is 0 Å². The monoisotopic (exact) mass is 413 g/mol. The van der Waals surface area contributed by atoms with Crippen molar-refractivity contribution < 1.29 is 14.0 Å². The van der Waals surface area contributed by atoms with Gasteiger partial charge in [0, 0.05) is 24.0 Å². The highest BCUT2D eigenvalue weighted by molar-refractivity contribution is 8.00. The van der Waals surface area contributed by atoms with Gasteiger partial charge >= 0.3 is 0 Å². The molecule has 0 bridgehead atoms. The quantitative estimate of drug-likeness (QED) is 0.835. The molecule has 0 saturated carbocycles. The Morgan fingerprint density at radius 2 is 2.07 bits per heavy atom. The summed E-state index contributed by atoms with van der Waals surface area (Å²) in [5.41, 5.74) is 2.38. The number of thioether (sulfide) groups is 1. The first-order chi connectivity index (χ1) is 14.0. The Kier molecular flexibility index (Phi) is 5.76. The Balaban J connectivity index is 1.41. The van der Waals surface area contributed by atoms with Gasteiger partial charge in [-0.2, -0.15) is 0 Å². The molecule has 2 aliphatic rings. The zero-order valence-electron chi connectivity index (χ0n) is 16.4. The van der Waals surface area contributed by atoms with Gasteiger partial charge in [-0.1, -0.05) is 18.2 Å². The molecule has 4 rings (SSSR count). The van der Waals surface area contributed by atoms with Crippen molar-refractivity contribution in [2.45, 2.75) is 30.7 Å². The fraction of sp³-hybridized carbons (Fsp3) is 0.364. The first-order valence-electron chi connectivity index (χ1n) is 9.84. The van der Waals surface area contributed by atoms with Crippen LogP contribution < -0.4 is 15.1 Å². The number of nitrogens with one attached hydrogen (secondary N) is 1. The summed E-state index contributed by atoms with van der Waals surface area (Å²) >= 11 is 1.50. The number of halogens is 1. The van der Waals surface area contributed by atoms with Gasteiger partial charge in [-0.15, -0.1) is 11.8 Å². The van der Waals surface area contributed by atoms with Crippen molar-refractivity contribution in [3.05, 3.63) is 53.8 Å². The second-order valence-corrected chi connectivity index (χ2v) is 8.56. The number of carbonyl (C=O) groups excluding carboxylic acids is 2. The summed E-state index contributed by atoms with van der Waals surface area (Å²) < 4.78 is 14.3. The number of carbonyl (C=O) groups is 2. The van der Waals surface area contributed by atoms with E-state index in [1.807, 2.05) is 42.2 Å². The van der Waals surface area contributed by atoms with Crippen LogP contribution in [0.4, 0.5) is 15.8 Å². The van der Waals surface area contributed by atoms with E-state index in [0.29, 0.717) is 18.0 Å². The van der Waals surface area contributed by atoms with Crippen LogP contribution in [-0.2, 0) is 9.59 Å². The summed E-state index contributed by atoms with van der Waals surface area (Å²) in [6.45, 7) is 3.28. The van der Waals surface area contributed by atoms with Crippen LogP contribution in [0.3, 0.4) is 0 Å². The van der Waals surface area contributed by atoms with Crippen LogP contribution in [-0.4, -0.2) is 43.2 Å². The van der Waals surface area contributed by atoms with Gasteiger partial charge in [0.25, 0.3) is 0 Å². The Labute approximate surface area is 174 Å². The minimum Gasteiger partial charge on any atom is -0.367 e. The molecule has 2 aromatic rings. The molecule has 2 aliphatic heterocycles. The molecule has 2 heterocycles. The number of hydrogen-bond acceptors (Lipinski definition) is 4. The highest BCUT2D eigenvalue weighted by Crippen LogP contribution is 2.34. The molecule has 1 fully saturated rings. The summed E-state index contributed by atoms with van der Waals surface area (Å²) in [4.78, 5) is 29.6. The first kappa shape index (κ1) is 19.8. The van der Waals surface area contributed by atoms with Gasteiger partial charge in [-0.3, -0.25) is 9.59 Å². The van der Waals surface area contributed by atoms with Crippen LogP contribution in [0.1, 0.15) is 18.4 Å². The Morgan fingerprint density at radius 3 is 2.93 bits per heavy atom. The highest BCUT2D eigenvalue weighted by atomic mass is 32.2. The average molecular weight is 414 g/mol. The maximum atomic E-state index is 14.3. The highest BCUT2D eigenvalue weighted by Gasteiger charge is 2.28. The van der Waals surface area contributed by atoms with Crippen molar-refractivity contribution in [3.8, 4) is 0 Å². The summed E-state index contributed by atoms with van der Waals surface area (Å²) in [7, 11) is 0. The minimum atomic E-state index is -0.240. The van der Waals surface area contributed by atoms with Crippen LogP contribution in [0.15, 0.2) is 47.4 Å². The van der Waals surface area contributed by atoms with E-state index >= 15 is 0 Å². The molecule has 5 nitrogen and oxygen atoms in total. The molecule has 1 atom stereocenters. The molecule has 1 saturated heterocycles. The predicted molar refractivity (Wildman–Crippen MR) is 114 cm³/mol. The number of piperidine rings is 1. The van der Waals surface area contributed by atoms with Crippen molar-refractivity contribution in [1.82, 2.24) is 5.32 Å². The summed E-state index contributed by atoms with van der Waals surface area (Å²) in [5, 5.41) is 3.05. The smallest absolute Gasteiger partial charge is 0.240 e. The van der Waals surface area contributed by atoms with E-state index in [4.69, 9.17) is 0 Å². The number of anilines is 2. The second-order valence-electron chi connectivity index (χ2n) is 7.54. The lowest BCUT2D eigenvalue weighted by molar-refractivity contribution is -0.123. The molecule has 152 valence electrons. The fourth-order valence-corrected chi connectivity index (χ4v) is 4.86. The van der Waals surface area contributed by atoms with E-state index < -0.39 is 0 Å². The lowest BCUT2D eigenvalue weighted by atomic mass is 10.0. The Hall–Kier alpha value is -2.54. The molecule has 0 aliphatic carbocycles. The second kappa shape index (κ2) is 8.45. The van der Waals surface area contributed by atoms with Crippen molar-refractivity contribution in [2.75, 3.05) is 35.2 Å². The summed E-state index contributed by atoms with van der Waals surface area (Å²) in [6, 6.07) is 12.7. The van der Waals surface area contributed by atoms with Gasteiger partial charge in [-0.05, 0) is 49.6 Å². The van der Waals surface area contributed by atoms with E-state index in [1.165, 1.54) is 17.8 Å². The third kappa shape index (κ3) is 4.40. The number of rotatable bonds is 4. The van der Waals surface area contributed by atoms with Gasteiger partial charge in [-0.25, -0.2) is 4.39 Å². The topological polar surface area (TPSA) is 52.7 Å². The molecule has 0 aromatic heterocycles. The Morgan fingerprint density at radius 1 is 1.24 bits per heavy atom. The van der Waals surface area contributed by atoms with Crippen molar-refractivity contribution in [2.24, 2.45) is 0 Å². The van der Waals surface area contributed by atoms with E-state index in [1.54, 1.807) is 11.0 Å². The van der Waals surface area contributed by atoms with Gasteiger partial charge < -0.3 is 15.1 Å².